The van der Waals surface area contributed by atoms with Crippen LogP contribution in [-0.4, -0.2) is 11.2 Å². The summed E-state index contributed by atoms with van der Waals surface area (Å²) in [4.78, 5) is 12.0. The number of carbonyl (C=O) groups is 1. The molecule has 0 spiro atoms. The first kappa shape index (κ1) is 14.1. The van der Waals surface area contributed by atoms with E-state index in [1.165, 1.54) is 0 Å². The van der Waals surface area contributed by atoms with Crippen LogP contribution in [0.1, 0.15) is 16.8 Å². The summed E-state index contributed by atoms with van der Waals surface area (Å²) >= 11 is 0. The minimum absolute atomic E-state index is 0.266. The second-order valence-electron chi connectivity index (χ2n) is 5.25. The molecule has 1 aromatic heterocycles. The van der Waals surface area contributed by atoms with Crippen molar-refractivity contribution < 1.29 is 9.32 Å². The second kappa shape index (κ2) is 5.89. The Labute approximate surface area is 128 Å². The van der Waals surface area contributed by atoms with Crippen LogP contribution in [0.5, 0.6) is 0 Å². The standard InChI is InChI=1S/C17H17N3O2/c1-11-7-8-16-13(9-11)15(20-22-16)10-18-17(21)19-14-6-4-3-5-12(14)2/h3-9H,10H2,1-2H3,(H2,18,19,21). The fraction of sp³-hybridized carbons (Fsp3) is 0.176. The number of hydrogen-bond donors (Lipinski definition) is 2. The minimum Gasteiger partial charge on any atom is -0.356 e. The third-order valence-electron chi connectivity index (χ3n) is 3.51. The first-order valence-corrected chi connectivity index (χ1v) is 7.09. The van der Waals surface area contributed by atoms with Crippen LogP contribution in [0.4, 0.5) is 10.5 Å². The van der Waals surface area contributed by atoms with Crippen molar-refractivity contribution in [1.29, 1.82) is 0 Å². The molecule has 0 aliphatic rings. The van der Waals surface area contributed by atoms with Gasteiger partial charge in [-0.15, -0.1) is 0 Å². The minimum atomic E-state index is -0.266. The summed E-state index contributed by atoms with van der Waals surface area (Å²) in [5, 5.41) is 10.6. The molecule has 0 saturated heterocycles. The largest absolute Gasteiger partial charge is 0.356 e. The van der Waals surface area contributed by atoms with E-state index in [1.807, 2.05) is 56.3 Å². The van der Waals surface area contributed by atoms with Crippen molar-refractivity contribution in [1.82, 2.24) is 10.5 Å². The monoisotopic (exact) mass is 295 g/mol. The van der Waals surface area contributed by atoms with Crippen molar-refractivity contribution in [3.8, 4) is 0 Å². The topological polar surface area (TPSA) is 67.2 Å². The van der Waals surface area contributed by atoms with Gasteiger partial charge in [0.05, 0.1) is 6.54 Å². The average Bonchev–Trinajstić information content (AvgIpc) is 2.90. The zero-order valence-corrected chi connectivity index (χ0v) is 12.5. The molecular weight excluding hydrogens is 278 g/mol. The first-order valence-electron chi connectivity index (χ1n) is 7.09. The maximum Gasteiger partial charge on any atom is 0.319 e. The van der Waals surface area contributed by atoms with Crippen LogP contribution in [0.25, 0.3) is 11.0 Å². The Hall–Kier alpha value is -2.82. The van der Waals surface area contributed by atoms with Gasteiger partial charge < -0.3 is 15.2 Å². The lowest BCUT2D eigenvalue weighted by Gasteiger charge is -2.08. The number of aryl methyl sites for hydroxylation is 2. The van der Waals surface area contributed by atoms with Crippen LogP contribution in [0.2, 0.25) is 0 Å². The number of para-hydroxylation sites is 1. The number of rotatable bonds is 3. The van der Waals surface area contributed by atoms with Gasteiger partial charge >= 0.3 is 6.03 Å². The molecule has 0 bridgehead atoms. The highest BCUT2D eigenvalue weighted by molar-refractivity contribution is 5.90. The SMILES string of the molecule is Cc1ccc2onc(CNC(=O)Nc3ccccc3C)c2c1. The molecule has 0 aliphatic heterocycles. The summed E-state index contributed by atoms with van der Waals surface area (Å²) in [5.41, 5.74) is 4.38. The van der Waals surface area contributed by atoms with Gasteiger partial charge in [0.1, 0.15) is 5.69 Å². The lowest BCUT2D eigenvalue weighted by Crippen LogP contribution is -2.28. The maximum atomic E-state index is 12.0. The lowest BCUT2D eigenvalue weighted by molar-refractivity contribution is 0.251. The number of hydrogen-bond acceptors (Lipinski definition) is 3. The van der Waals surface area contributed by atoms with Crippen molar-refractivity contribution in [2.45, 2.75) is 20.4 Å². The number of carbonyl (C=O) groups excluding carboxylic acids is 1. The van der Waals surface area contributed by atoms with Gasteiger partial charge in [-0.1, -0.05) is 35.0 Å². The van der Waals surface area contributed by atoms with Crippen molar-refractivity contribution in [3.05, 3.63) is 59.3 Å². The Morgan fingerprint density at radius 2 is 2.00 bits per heavy atom. The Bertz CT molecular complexity index is 824. The molecule has 3 rings (SSSR count). The zero-order chi connectivity index (χ0) is 15.5. The van der Waals surface area contributed by atoms with E-state index < -0.39 is 0 Å². The Morgan fingerprint density at radius 3 is 2.82 bits per heavy atom. The Kier molecular flexibility index (Phi) is 3.78. The molecule has 3 aromatic rings. The number of anilines is 1. The first-order chi connectivity index (χ1) is 10.6. The van der Waals surface area contributed by atoms with Crippen LogP contribution in [0, 0.1) is 13.8 Å². The number of amides is 2. The van der Waals surface area contributed by atoms with Crippen LogP contribution in [0.15, 0.2) is 47.0 Å². The number of fused-ring (bicyclic) bond motifs is 1. The lowest BCUT2D eigenvalue weighted by atomic mass is 10.1. The summed E-state index contributed by atoms with van der Waals surface area (Å²) < 4.78 is 5.25. The van der Waals surface area contributed by atoms with Gasteiger partial charge in [0, 0.05) is 11.1 Å². The van der Waals surface area contributed by atoms with E-state index in [0.29, 0.717) is 6.54 Å². The number of nitrogens with zero attached hydrogens (tertiary/aromatic N) is 1. The molecule has 0 aliphatic carbocycles. The molecular formula is C17H17N3O2. The number of aromatic nitrogens is 1. The van der Waals surface area contributed by atoms with Gasteiger partial charge in [-0.2, -0.15) is 0 Å². The normalized spacial score (nSPS) is 10.6. The van der Waals surface area contributed by atoms with E-state index in [1.54, 1.807) is 0 Å². The van der Waals surface area contributed by atoms with E-state index in [4.69, 9.17) is 4.52 Å². The second-order valence-corrected chi connectivity index (χ2v) is 5.25. The summed E-state index contributed by atoms with van der Waals surface area (Å²) in [6.45, 7) is 4.27. The molecule has 5 heteroatoms. The highest BCUT2D eigenvalue weighted by Crippen LogP contribution is 2.19. The predicted molar refractivity (Wildman–Crippen MR) is 85.8 cm³/mol. The molecule has 1 heterocycles. The smallest absolute Gasteiger partial charge is 0.319 e. The number of nitrogens with one attached hydrogen (secondary N) is 2. The van der Waals surface area contributed by atoms with E-state index in [0.717, 1.165) is 33.5 Å². The van der Waals surface area contributed by atoms with Crippen LogP contribution in [-0.2, 0) is 6.54 Å². The van der Waals surface area contributed by atoms with E-state index in [-0.39, 0.29) is 6.03 Å². The molecule has 2 aromatic carbocycles. The maximum absolute atomic E-state index is 12.0. The van der Waals surface area contributed by atoms with Gasteiger partial charge in [0.15, 0.2) is 5.58 Å². The van der Waals surface area contributed by atoms with E-state index in [9.17, 15) is 4.79 Å². The molecule has 0 saturated carbocycles. The number of benzene rings is 2. The quantitative estimate of drug-likeness (QED) is 0.773. The molecule has 0 atom stereocenters. The molecule has 0 fully saturated rings. The fourth-order valence-corrected chi connectivity index (χ4v) is 2.27. The third-order valence-corrected chi connectivity index (χ3v) is 3.51. The van der Waals surface area contributed by atoms with Crippen LogP contribution < -0.4 is 10.6 Å². The Morgan fingerprint density at radius 1 is 1.18 bits per heavy atom. The van der Waals surface area contributed by atoms with Crippen molar-refractivity contribution in [2.24, 2.45) is 0 Å². The summed E-state index contributed by atoms with van der Waals surface area (Å²) in [5.74, 6) is 0. The highest BCUT2D eigenvalue weighted by Gasteiger charge is 2.10. The molecule has 2 N–H and O–H groups in total. The molecule has 0 radical (unpaired) electrons. The van der Waals surface area contributed by atoms with Crippen LogP contribution >= 0.6 is 0 Å². The molecule has 112 valence electrons. The van der Waals surface area contributed by atoms with E-state index >= 15 is 0 Å². The van der Waals surface area contributed by atoms with E-state index in [2.05, 4.69) is 15.8 Å². The summed E-state index contributed by atoms with van der Waals surface area (Å²) in [7, 11) is 0. The third kappa shape index (κ3) is 2.93. The summed E-state index contributed by atoms with van der Waals surface area (Å²) in [6.07, 6.45) is 0. The predicted octanol–water partition coefficient (Wildman–Crippen LogP) is 3.77. The van der Waals surface area contributed by atoms with Gasteiger partial charge in [-0.05, 0) is 37.6 Å². The van der Waals surface area contributed by atoms with Gasteiger partial charge in [0.25, 0.3) is 0 Å². The Balaban J connectivity index is 1.68. The molecule has 2 amide bonds. The van der Waals surface area contributed by atoms with Gasteiger partial charge in [0.2, 0.25) is 0 Å². The van der Waals surface area contributed by atoms with Gasteiger partial charge in [-0.3, -0.25) is 0 Å². The van der Waals surface area contributed by atoms with Crippen LogP contribution in [0.3, 0.4) is 0 Å². The zero-order valence-electron chi connectivity index (χ0n) is 12.5. The summed E-state index contributed by atoms with van der Waals surface area (Å²) in [6, 6.07) is 13.2. The van der Waals surface area contributed by atoms with Crippen molar-refractivity contribution >= 4 is 22.7 Å². The average molecular weight is 295 g/mol. The molecule has 22 heavy (non-hydrogen) atoms. The highest BCUT2D eigenvalue weighted by atomic mass is 16.5. The molecule has 5 nitrogen and oxygen atoms in total. The van der Waals surface area contributed by atoms with Crippen molar-refractivity contribution in [3.63, 3.8) is 0 Å². The fourth-order valence-electron chi connectivity index (χ4n) is 2.27. The number of urea groups is 1. The van der Waals surface area contributed by atoms with Gasteiger partial charge in [-0.25, -0.2) is 4.79 Å². The van der Waals surface area contributed by atoms with Crippen molar-refractivity contribution in [2.75, 3.05) is 5.32 Å². The molecule has 0 unspecified atom stereocenters.